The highest BCUT2D eigenvalue weighted by atomic mass is 16.5. The molecule has 0 spiro atoms. The average Bonchev–Trinajstić information content (AvgIpc) is 2.28. The molecule has 0 aliphatic heterocycles. The van der Waals surface area contributed by atoms with Crippen molar-refractivity contribution in [1.82, 2.24) is 0 Å². The van der Waals surface area contributed by atoms with Crippen LogP contribution in [-0.2, 0) is 4.74 Å². The molecule has 80 valence electrons. The van der Waals surface area contributed by atoms with Crippen LogP contribution in [0.3, 0.4) is 0 Å². The molecule has 0 N–H and O–H groups in total. The van der Waals surface area contributed by atoms with E-state index < -0.39 is 0 Å². The fraction of sp³-hybridized carbons (Fsp3) is 0.500. The maximum absolute atomic E-state index is 4.91. The third-order valence-electron chi connectivity index (χ3n) is 1.68. The molecule has 0 fully saturated rings. The lowest BCUT2D eigenvalue weighted by molar-refractivity contribution is 0.194. The summed E-state index contributed by atoms with van der Waals surface area (Å²) in [6.07, 6.45) is 2.42. The van der Waals surface area contributed by atoms with E-state index in [0.717, 1.165) is 12.4 Å². The smallest absolute Gasteiger partial charge is 0.118 e. The molecule has 0 aliphatic rings. The summed E-state index contributed by atoms with van der Waals surface area (Å²) in [4.78, 5) is 0. The number of para-hydroxylation sites is 1. The van der Waals surface area contributed by atoms with Crippen molar-refractivity contribution in [1.29, 1.82) is 0 Å². The Bertz CT molecular complexity index is 193. The van der Waals surface area contributed by atoms with Gasteiger partial charge in [0.05, 0.1) is 7.11 Å². The predicted molar refractivity (Wildman–Crippen MR) is 59.8 cm³/mol. The second-order valence-electron chi connectivity index (χ2n) is 2.86. The average molecular weight is 196 g/mol. The van der Waals surface area contributed by atoms with Crippen molar-refractivity contribution in [3.05, 3.63) is 30.3 Å². The topological polar surface area (TPSA) is 18.5 Å². The SMILES string of the molecule is CCCCOC.COc1ccccc1. The number of methoxy groups -OCH3 is 2. The molecule has 1 aromatic carbocycles. The Balaban J connectivity index is 0.000000255. The molecule has 0 heterocycles. The lowest BCUT2D eigenvalue weighted by atomic mass is 10.3. The van der Waals surface area contributed by atoms with Gasteiger partial charge < -0.3 is 9.47 Å². The molecule has 0 aliphatic carbocycles. The van der Waals surface area contributed by atoms with E-state index in [1.807, 2.05) is 30.3 Å². The second kappa shape index (κ2) is 10.1. The van der Waals surface area contributed by atoms with Gasteiger partial charge in [-0.05, 0) is 18.6 Å². The van der Waals surface area contributed by atoms with Crippen molar-refractivity contribution in [2.24, 2.45) is 0 Å². The van der Waals surface area contributed by atoms with Crippen LogP contribution < -0.4 is 4.74 Å². The van der Waals surface area contributed by atoms with E-state index in [-0.39, 0.29) is 0 Å². The minimum absolute atomic E-state index is 0.910. The molecule has 2 heteroatoms. The van der Waals surface area contributed by atoms with Crippen molar-refractivity contribution in [2.75, 3.05) is 20.8 Å². The quantitative estimate of drug-likeness (QED) is 0.689. The van der Waals surface area contributed by atoms with Gasteiger partial charge in [-0.15, -0.1) is 0 Å². The van der Waals surface area contributed by atoms with Crippen molar-refractivity contribution in [3.63, 3.8) is 0 Å². The van der Waals surface area contributed by atoms with E-state index >= 15 is 0 Å². The Morgan fingerprint density at radius 1 is 1.07 bits per heavy atom. The first-order valence-corrected chi connectivity index (χ1v) is 4.93. The highest BCUT2D eigenvalue weighted by Crippen LogP contribution is 2.05. The zero-order valence-electron chi connectivity index (χ0n) is 9.32. The number of benzene rings is 1. The molecule has 2 nitrogen and oxygen atoms in total. The van der Waals surface area contributed by atoms with Crippen LogP contribution in [0.25, 0.3) is 0 Å². The first kappa shape index (κ1) is 13.0. The standard InChI is InChI=1S/C7H8O.C5H12O/c1-8-7-5-3-2-4-6-7;1-3-4-5-6-2/h2-6H,1H3;3-5H2,1-2H3. The van der Waals surface area contributed by atoms with Crippen LogP contribution in [0.15, 0.2) is 30.3 Å². The summed E-state index contributed by atoms with van der Waals surface area (Å²) < 4.78 is 9.70. The maximum atomic E-state index is 4.91. The first-order valence-electron chi connectivity index (χ1n) is 4.93. The number of hydrogen-bond acceptors (Lipinski definition) is 2. The first-order chi connectivity index (χ1) is 6.85. The minimum atomic E-state index is 0.910. The molecule has 0 aromatic heterocycles. The molecule has 1 rings (SSSR count). The molecule has 0 radical (unpaired) electrons. The predicted octanol–water partition coefficient (Wildman–Crippen LogP) is 3.13. The normalized spacial score (nSPS) is 8.79. The summed E-state index contributed by atoms with van der Waals surface area (Å²) in [5, 5.41) is 0. The molecule has 0 saturated carbocycles. The van der Waals surface area contributed by atoms with Crippen molar-refractivity contribution >= 4 is 0 Å². The van der Waals surface area contributed by atoms with Gasteiger partial charge in [-0.2, -0.15) is 0 Å². The highest BCUT2D eigenvalue weighted by Gasteiger charge is 1.80. The summed E-state index contributed by atoms with van der Waals surface area (Å²) in [6.45, 7) is 3.07. The largest absolute Gasteiger partial charge is 0.497 e. The van der Waals surface area contributed by atoms with Crippen LogP contribution in [0.2, 0.25) is 0 Å². The minimum Gasteiger partial charge on any atom is -0.497 e. The third kappa shape index (κ3) is 7.62. The molecule has 0 saturated heterocycles. The van der Waals surface area contributed by atoms with E-state index in [1.165, 1.54) is 12.8 Å². The van der Waals surface area contributed by atoms with Gasteiger partial charge in [0.25, 0.3) is 0 Å². The summed E-state index contributed by atoms with van der Waals surface area (Å²) in [5.74, 6) is 0.910. The van der Waals surface area contributed by atoms with E-state index in [9.17, 15) is 0 Å². The summed E-state index contributed by atoms with van der Waals surface area (Å²) >= 11 is 0. The van der Waals surface area contributed by atoms with E-state index in [2.05, 4.69) is 6.92 Å². The van der Waals surface area contributed by atoms with Crippen LogP contribution in [-0.4, -0.2) is 20.8 Å². The van der Waals surface area contributed by atoms with Crippen LogP contribution >= 0.6 is 0 Å². The third-order valence-corrected chi connectivity index (χ3v) is 1.68. The Morgan fingerprint density at radius 2 is 1.71 bits per heavy atom. The van der Waals surface area contributed by atoms with Crippen molar-refractivity contribution in [3.8, 4) is 5.75 Å². The van der Waals surface area contributed by atoms with Crippen molar-refractivity contribution in [2.45, 2.75) is 19.8 Å². The zero-order chi connectivity index (χ0) is 10.6. The molecule has 0 unspecified atom stereocenters. The van der Waals surface area contributed by atoms with Gasteiger partial charge in [0.15, 0.2) is 0 Å². The molecule has 14 heavy (non-hydrogen) atoms. The molecular weight excluding hydrogens is 176 g/mol. The van der Waals surface area contributed by atoms with Gasteiger partial charge in [0.2, 0.25) is 0 Å². The summed E-state index contributed by atoms with van der Waals surface area (Å²) in [6, 6.07) is 9.68. The summed E-state index contributed by atoms with van der Waals surface area (Å²) in [7, 11) is 3.39. The molecule has 1 aromatic rings. The number of ether oxygens (including phenoxy) is 2. The van der Waals surface area contributed by atoms with Gasteiger partial charge in [-0.1, -0.05) is 31.5 Å². The van der Waals surface area contributed by atoms with Crippen LogP contribution in [0.1, 0.15) is 19.8 Å². The van der Waals surface area contributed by atoms with E-state index in [0.29, 0.717) is 0 Å². The van der Waals surface area contributed by atoms with Gasteiger partial charge in [-0.25, -0.2) is 0 Å². The van der Waals surface area contributed by atoms with Crippen LogP contribution in [0.5, 0.6) is 5.75 Å². The Morgan fingerprint density at radius 3 is 2.00 bits per heavy atom. The summed E-state index contributed by atoms with van der Waals surface area (Å²) in [5.41, 5.74) is 0. The van der Waals surface area contributed by atoms with Gasteiger partial charge in [0, 0.05) is 13.7 Å². The fourth-order valence-electron chi connectivity index (χ4n) is 0.845. The Hall–Kier alpha value is -1.02. The second-order valence-corrected chi connectivity index (χ2v) is 2.86. The Labute approximate surface area is 86.9 Å². The van der Waals surface area contributed by atoms with E-state index in [1.54, 1.807) is 14.2 Å². The molecule has 0 bridgehead atoms. The monoisotopic (exact) mass is 196 g/mol. The van der Waals surface area contributed by atoms with Crippen molar-refractivity contribution < 1.29 is 9.47 Å². The highest BCUT2D eigenvalue weighted by molar-refractivity contribution is 5.20. The number of hydrogen-bond donors (Lipinski definition) is 0. The van der Waals surface area contributed by atoms with Crippen LogP contribution in [0.4, 0.5) is 0 Å². The maximum Gasteiger partial charge on any atom is 0.118 e. The lowest BCUT2D eigenvalue weighted by Gasteiger charge is -1.93. The number of rotatable bonds is 4. The number of unbranched alkanes of at least 4 members (excludes halogenated alkanes) is 1. The fourth-order valence-corrected chi connectivity index (χ4v) is 0.845. The van der Waals surface area contributed by atoms with Crippen LogP contribution in [0, 0.1) is 0 Å². The molecule has 0 amide bonds. The van der Waals surface area contributed by atoms with Gasteiger partial charge in [-0.3, -0.25) is 0 Å². The Kier molecular flexibility index (Phi) is 9.33. The van der Waals surface area contributed by atoms with Gasteiger partial charge in [0.1, 0.15) is 5.75 Å². The zero-order valence-corrected chi connectivity index (χ0v) is 9.32. The van der Waals surface area contributed by atoms with E-state index in [4.69, 9.17) is 9.47 Å². The molecule has 0 atom stereocenters. The molecular formula is C12H20O2. The van der Waals surface area contributed by atoms with Gasteiger partial charge >= 0.3 is 0 Å². The lowest BCUT2D eigenvalue weighted by Crippen LogP contribution is -1.84.